The highest BCUT2D eigenvalue weighted by atomic mass is 16.5. The molecule has 0 aliphatic heterocycles. The monoisotopic (exact) mass is 740 g/mol. The number of aryl methyl sites for hydroxylation is 1. The van der Waals surface area contributed by atoms with Crippen molar-refractivity contribution in [3.63, 3.8) is 0 Å². The van der Waals surface area contributed by atoms with Gasteiger partial charge in [-0.2, -0.15) is 0 Å². The maximum atomic E-state index is 6.59. The van der Waals surface area contributed by atoms with E-state index >= 15 is 0 Å². The topological polar surface area (TPSA) is 73.2 Å². The molecule has 0 aliphatic carbocycles. The van der Waals surface area contributed by atoms with E-state index in [1.807, 2.05) is 18.7 Å². The van der Waals surface area contributed by atoms with Gasteiger partial charge in [0.1, 0.15) is 0 Å². The minimum atomic E-state index is 0.611. The molecule has 5 aromatic rings. The van der Waals surface area contributed by atoms with Crippen LogP contribution < -0.4 is 28.4 Å². The zero-order valence-electron chi connectivity index (χ0n) is 33.7. The standard InChI is InChI=1S/C46H64N2O6/c1-6-11-22-49-41-28-35-36-29-42(50-23-12-7-2)44(52-25-14-9-4)31-38(36)40-33-46(54-27-18-16-17-20-48-21-19-47-34-48)45(53-26-15-10-5)32-39(40)37(35)30-43(41)51-24-13-8-3/h19,21,28-34H,6-18,20,22-27H2,1-5H3. The second-order valence-corrected chi connectivity index (χ2v) is 14.3. The van der Waals surface area contributed by atoms with E-state index in [2.05, 4.69) is 80.6 Å². The Morgan fingerprint density at radius 3 is 0.944 bits per heavy atom. The van der Waals surface area contributed by atoms with Crippen LogP contribution in [0.2, 0.25) is 0 Å². The van der Waals surface area contributed by atoms with Gasteiger partial charge in [-0.3, -0.25) is 0 Å². The third-order valence-corrected chi connectivity index (χ3v) is 9.78. The van der Waals surface area contributed by atoms with Gasteiger partial charge in [-0.25, -0.2) is 4.98 Å². The fourth-order valence-electron chi connectivity index (χ4n) is 6.50. The van der Waals surface area contributed by atoms with Gasteiger partial charge >= 0.3 is 0 Å². The first-order valence-corrected chi connectivity index (χ1v) is 20.9. The molecule has 5 rings (SSSR count). The Morgan fingerprint density at radius 1 is 0.389 bits per heavy atom. The van der Waals surface area contributed by atoms with Gasteiger partial charge in [0, 0.05) is 18.9 Å². The van der Waals surface area contributed by atoms with E-state index in [0.717, 1.165) is 157 Å². The Balaban J connectivity index is 1.66. The molecule has 4 aromatic carbocycles. The summed E-state index contributed by atoms with van der Waals surface area (Å²) in [6.45, 7) is 15.7. The molecular formula is C46H64N2O6. The average molecular weight is 741 g/mol. The van der Waals surface area contributed by atoms with E-state index in [9.17, 15) is 0 Å². The molecule has 0 atom stereocenters. The van der Waals surface area contributed by atoms with Crippen molar-refractivity contribution in [2.24, 2.45) is 0 Å². The maximum Gasteiger partial charge on any atom is 0.161 e. The van der Waals surface area contributed by atoms with E-state index in [1.54, 1.807) is 0 Å². The number of fused-ring (bicyclic) bond motifs is 6. The van der Waals surface area contributed by atoms with Gasteiger partial charge in [0.25, 0.3) is 0 Å². The molecule has 0 saturated carbocycles. The zero-order chi connectivity index (χ0) is 38.0. The summed E-state index contributed by atoms with van der Waals surface area (Å²) in [6.07, 6.45) is 19.0. The SMILES string of the molecule is CCCCOc1cc2c3cc(OCCCC)c(OCCCC)cc3c3cc(OCCCCCn4ccnc4)c(OCCCC)cc3c2cc1OCCCC. The highest BCUT2D eigenvalue weighted by Crippen LogP contribution is 2.47. The van der Waals surface area contributed by atoms with Crippen LogP contribution in [0.25, 0.3) is 32.3 Å². The van der Waals surface area contributed by atoms with Crippen molar-refractivity contribution in [1.29, 1.82) is 0 Å². The predicted octanol–water partition coefficient (Wildman–Crippen LogP) is 12.5. The Labute approximate surface area is 323 Å². The number of ether oxygens (including phenoxy) is 6. The number of unbranched alkanes of at least 4 members (excludes halogenated alkanes) is 7. The van der Waals surface area contributed by atoms with Crippen molar-refractivity contribution in [3.05, 3.63) is 55.1 Å². The van der Waals surface area contributed by atoms with Crippen LogP contribution in [0.1, 0.15) is 118 Å². The molecule has 294 valence electrons. The predicted molar refractivity (Wildman–Crippen MR) is 223 cm³/mol. The van der Waals surface area contributed by atoms with Crippen LogP contribution in [0.5, 0.6) is 34.5 Å². The van der Waals surface area contributed by atoms with Crippen LogP contribution in [0.4, 0.5) is 0 Å². The smallest absolute Gasteiger partial charge is 0.161 e. The van der Waals surface area contributed by atoms with Crippen molar-refractivity contribution in [1.82, 2.24) is 9.55 Å². The minimum Gasteiger partial charge on any atom is -0.490 e. The van der Waals surface area contributed by atoms with Gasteiger partial charge in [0.15, 0.2) is 34.5 Å². The van der Waals surface area contributed by atoms with Gasteiger partial charge in [-0.1, -0.05) is 66.7 Å². The molecule has 0 fully saturated rings. The van der Waals surface area contributed by atoms with Crippen molar-refractivity contribution < 1.29 is 28.4 Å². The fourth-order valence-corrected chi connectivity index (χ4v) is 6.50. The number of aromatic nitrogens is 2. The van der Waals surface area contributed by atoms with Crippen LogP contribution in [0.3, 0.4) is 0 Å². The molecule has 0 bridgehead atoms. The molecule has 1 aromatic heterocycles. The van der Waals surface area contributed by atoms with Crippen LogP contribution in [0.15, 0.2) is 55.1 Å². The lowest BCUT2D eigenvalue weighted by molar-refractivity contribution is 0.260. The molecule has 8 heteroatoms. The highest BCUT2D eigenvalue weighted by Gasteiger charge is 2.20. The van der Waals surface area contributed by atoms with E-state index in [4.69, 9.17) is 28.4 Å². The first-order chi connectivity index (χ1) is 26.6. The number of hydrogen-bond acceptors (Lipinski definition) is 7. The quantitative estimate of drug-likeness (QED) is 0.0392. The van der Waals surface area contributed by atoms with Crippen molar-refractivity contribution in [2.75, 3.05) is 39.6 Å². The molecule has 0 N–H and O–H groups in total. The van der Waals surface area contributed by atoms with Crippen molar-refractivity contribution >= 4 is 32.3 Å². The second kappa shape index (κ2) is 22.1. The minimum absolute atomic E-state index is 0.611. The lowest BCUT2D eigenvalue weighted by Crippen LogP contribution is -2.05. The summed E-state index contributed by atoms with van der Waals surface area (Å²) in [6, 6.07) is 13.1. The summed E-state index contributed by atoms with van der Waals surface area (Å²) in [4.78, 5) is 4.16. The fraction of sp³-hybridized carbons (Fsp3) is 0.543. The number of rotatable bonds is 27. The zero-order valence-corrected chi connectivity index (χ0v) is 33.7. The molecule has 0 amide bonds. The number of benzene rings is 4. The Bertz CT molecular complexity index is 1810. The molecule has 0 aliphatic rings. The molecule has 0 spiro atoms. The van der Waals surface area contributed by atoms with Crippen LogP contribution in [-0.2, 0) is 6.54 Å². The van der Waals surface area contributed by atoms with Crippen LogP contribution >= 0.6 is 0 Å². The highest BCUT2D eigenvalue weighted by molar-refractivity contribution is 6.26. The summed E-state index contributed by atoms with van der Waals surface area (Å²) in [7, 11) is 0. The molecule has 54 heavy (non-hydrogen) atoms. The van der Waals surface area contributed by atoms with Gasteiger partial charge in [-0.15, -0.1) is 0 Å². The largest absolute Gasteiger partial charge is 0.490 e. The summed E-state index contributed by atoms with van der Waals surface area (Å²) in [5.74, 6) is 4.63. The lowest BCUT2D eigenvalue weighted by atomic mass is 9.93. The van der Waals surface area contributed by atoms with Crippen molar-refractivity contribution in [2.45, 2.75) is 125 Å². The summed E-state index contributed by atoms with van der Waals surface area (Å²) in [5, 5.41) is 6.48. The number of hydrogen-bond donors (Lipinski definition) is 0. The average Bonchev–Trinajstić information content (AvgIpc) is 3.71. The van der Waals surface area contributed by atoms with E-state index in [0.29, 0.717) is 39.6 Å². The number of imidazole rings is 1. The summed E-state index contributed by atoms with van der Waals surface area (Å²) < 4.78 is 41.0. The maximum absolute atomic E-state index is 6.59. The van der Waals surface area contributed by atoms with E-state index < -0.39 is 0 Å². The van der Waals surface area contributed by atoms with Gasteiger partial charge in [-0.05, 0) is 120 Å². The Hall–Kier alpha value is -4.33. The van der Waals surface area contributed by atoms with Gasteiger partial charge < -0.3 is 33.0 Å². The van der Waals surface area contributed by atoms with E-state index in [1.165, 1.54) is 0 Å². The van der Waals surface area contributed by atoms with Crippen molar-refractivity contribution in [3.8, 4) is 34.5 Å². The molecule has 0 unspecified atom stereocenters. The third-order valence-electron chi connectivity index (χ3n) is 9.78. The molecule has 0 radical (unpaired) electrons. The third kappa shape index (κ3) is 11.1. The molecule has 0 saturated heterocycles. The lowest BCUT2D eigenvalue weighted by Gasteiger charge is -2.20. The second-order valence-electron chi connectivity index (χ2n) is 14.3. The van der Waals surface area contributed by atoms with Crippen LogP contribution in [-0.4, -0.2) is 49.2 Å². The molecule has 1 heterocycles. The molecular weight excluding hydrogens is 677 g/mol. The summed E-state index contributed by atoms with van der Waals surface area (Å²) in [5.41, 5.74) is 0. The number of nitrogens with zero attached hydrogens (tertiary/aromatic N) is 2. The summed E-state index contributed by atoms with van der Waals surface area (Å²) >= 11 is 0. The van der Waals surface area contributed by atoms with Gasteiger partial charge in [0.2, 0.25) is 0 Å². The first-order valence-electron chi connectivity index (χ1n) is 20.9. The van der Waals surface area contributed by atoms with Crippen LogP contribution in [0, 0.1) is 0 Å². The van der Waals surface area contributed by atoms with E-state index in [-0.39, 0.29) is 0 Å². The molecule has 8 nitrogen and oxygen atoms in total. The van der Waals surface area contributed by atoms with Gasteiger partial charge in [0.05, 0.1) is 46.0 Å². The normalized spacial score (nSPS) is 11.4. The Kier molecular flexibility index (Phi) is 16.8. The first kappa shape index (κ1) is 40.8. The Morgan fingerprint density at radius 2 is 0.685 bits per heavy atom.